The number of benzene rings is 2. The van der Waals surface area contributed by atoms with Crippen LogP contribution >= 0.6 is 11.6 Å². The Kier molecular flexibility index (Phi) is 5.06. The molecule has 0 saturated heterocycles. The van der Waals surface area contributed by atoms with Gasteiger partial charge in [0.05, 0.1) is 17.6 Å². The molecule has 3 heterocycles. The molecular formula is C24H18ClN5O. The molecule has 0 aliphatic heterocycles. The molecule has 0 fully saturated rings. The highest BCUT2D eigenvalue weighted by Crippen LogP contribution is 2.31. The summed E-state index contributed by atoms with van der Waals surface area (Å²) in [5, 5.41) is 9.99. The van der Waals surface area contributed by atoms with Crippen LogP contribution in [-0.2, 0) is 6.54 Å². The summed E-state index contributed by atoms with van der Waals surface area (Å²) >= 11 is 6.55. The number of hydrogen-bond acceptors (Lipinski definition) is 6. The first-order valence-corrected chi connectivity index (χ1v) is 10.2. The molecule has 0 unspecified atom stereocenters. The van der Waals surface area contributed by atoms with Gasteiger partial charge in [-0.3, -0.25) is 9.88 Å². The zero-order valence-corrected chi connectivity index (χ0v) is 17.5. The largest absolute Gasteiger partial charge is 0.403 e. The second-order valence-electron chi connectivity index (χ2n) is 7.19. The Hall–Kier alpha value is -3.77. The van der Waals surface area contributed by atoms with Gasteiger partial charge in [-0.15, -0.1) is 5.10 Å². The van der Waals surface area contributed by atoms with Crippen LogP contribution in [0.2, 0.25) is 5.15 Å². The molecule has 2 aromatic carbocycles. The van der Waals surface area contributed by atoms with Crippen LogP contribution < -0.4 is 4.90 Å². The number of pyridine rings is 2. The molecule has 5 rings (SSSR count). The van der Waals surface area contributed by atoms with E-state index in [1.165, 1.54) is 5.56 Å². The molecule has 152 valence electrons. The number of aryl methyl sites for hydroxylation is 1. The van der Waals surface area contributed by atoms with Crippen molar-refractivity contribution in [3.8, 4) is 11.5 Å². The van der Waals surface area contributed by atoms with Crippen LogP contribution in [0.25, 0.3) is 22.4 Å². The van der Waals surface area contributed by atoms with E-state index in [0.717, 1.165) is 27.7 Å². The first-order valence-electron chi connectivity index (χ1n) is 9.80. The molecule has 0 bridgehead atoms. The van der Waals surface area contributed by atoms with Crippen molar-refractivity contribution in [3.05, 3.63) is 95.4 Å². The summed E-state index contributed by atoms with van der Waals surface area (Å²) in [6, 6.07) is 22.1. The monoisotopic (exact) mass is 427 g/mol. The lowest BCUT2D eigenvalue weighted by atomic mass is 10.1. The first-order chi connectivity index (χ1) is 15.2. The quantitative estimate of drug-likeness (QED) is 0.321. The molecule has 6 nitrogen and oxygen atoms in total. The van der Waals surface area contributed by atoms with E-state index >= 15 is 0 Å². The minimum Gasteiger partial charge on any atom is -0.403 e. The highest BCUT2D eigenvalue weighted by Gasteiger charge is 2.20. The zero-order chi connectivity index (χ0) is 21.2. The summed E-state index contributed by atoms with van der Waals surface area (Å²) < 4.78 is 6.01. The highest BCUT2D eigenvalue weighted by molar-refractivity contribution is 6.30. The van der Waals surface area contributed by atoms with Crippen LogP contribution in [0.1, 0.15) is 11.1 Å². The fourth-order valence-corrected chi connectivity index (χ4v) is 3.61. The van der Waals surface area contributed by atoms with Crippen LogP contribution in [0.15, 0.2) is 83.5 Å². The molecule has 5 aromatic rings. The molecule has 0 aliphatic carbocycles. The third-order valence-corrected chi connectivity index (χ3v) is 5.27. The van der Waals surface area contributed by atoms with Gasteiger partial charge in [-0.1, -0.05) is 46.5 Å². The van der Waals surface area contributed by atoms with E-state index in [0.29, 0.717) is 23.6 Å². The van der Waals surface area contributed by atoms with E-state index in [1.54, 1.807) is 12.4 Å². The third kappa shape index (κ3) is 3.98. The molecule has 31 heavy (non-hydrogen) atoms. The van der Waals surface area contributed by atoms with E-state index < -0.39 is 0 Å². The number of rotatable bonds is 5. The van der Waals surface area contributed by atoms with Gasteiger partial charge in [0.2, 0.25) is 0 Å². The molecule has 0 aliphatic rings. The summed E-state index contributed by atoms with van der Waals surface area (Å²) in [6.45, 7) is 2.48. The SMILES string of the molecule is Cc1ccc2nc(Cl)c(CN(c3ccccc3)c3nnc(-c4cccnc4)o3)cc2c1. The number of para-hydroxylation sites is 1. The lowest BCUT2D eigenvalue weighted by Gasteiger charge is -2.21. The predicted octanol–water partition coefficient (Wildman–Crippen LogP) is 5.98. The van der Waals surface area contributed by atoms with Gasteiger partial charge >= 0.3 is 6.01 Å². The molecule has 0 atom stereocenters. The van der Waals surface area contributed by atoms with Gasteiger partial charge in [-0.2, -0.15) is 0 Å². The minimum absolute atomic E-state index is 0.366. The zero-order valence-electron chi connectivity index (χ0n) is 16.7. The maximum absolute atomic E-state index is 6.55. The van der Waals surface area contributed by atoms with Gasteiger partial charge in [0.15, 0.2) is 0 Å². The minimum atomic E-state index is 0.366. The fraction of sp³-hybridized carbons (Fsp3) is 0.0833. The fourth-order valence-electron chi connectivity index (χ4n) is 3.41. The van der Waals surface area contributed by atoms with Crippen LogP contribution in [0.5, 0.6) is 0 Å². The Labute approximate surface area is 184 Å². The summed E-state index contributed by atoms with van der Waals surface area (Å²) in [4.78, 5) is 10.6. The number of halogens is 1. The Balaban J connectivity index is 1.56. The van der Waals surface area contributed by atoms with Gasteiger partial charge in [0, 0.05) is 29.0 Å². The standard InChI is InChI=1S/C24H18ClN5O/c1-16-9-10-21-18(12-16)13-19(22(25)27-21)15-30(20-7-3-2-4-8-20)24-29-28-23(31-24)17-6-5-11-26-14-17/h2-14H,15H2,1H3. The molecule has 0 saturated carbocycles. The smallest absolute Gasteiger partial charge is 0.323 e. The van der Waals surface area contributed by atoms with E-state index in [4.69, 9.17) is 16.0 Å². The van der Waals surface area contributed by atoms with Gasteiger partial charge in [0.25, 0.3) is 5.89 Å². The van der Waals surface area contributed by atoms with E-state index in [1.807, 2.05) is 59.5 Å². The summed E-state index contributed by atoms with van der Waals surface area (Å²) in [5.74, 6) is 0.405. The van der Waals surface area contributed by atoms with Crippen molar-refractivity contribution in [1.82, 2.24) is 20.2 Å². The summed E-state index contributed by atoms with van der Waals surface area (Å²) in [6.07, 6.45) is 3.39. The van der Waals surface area contributed by atoms with Crippen LogP contribution in [-0.4, -0.2) is 20.2 Å². The average Bonchev–Trinajstić information content (AvgIpc) is 3.29. The van der Waals surface area contributed by atoms with Gasteiger partial charge in [-0.05, 0) is 49.4 Å². The molecule has 0 N–H and O–H groups in total. The second-order valence-corrected chi connectivity index (χ2v) is 7.55. The Morgan fingerprint density at radius 1 is 0.968 bits per heavy atom. The van der Waals surface area contributed by atoms with Crippen LogP contribution in [0, 0.1) is 6.92 Å². The van der Waals surface area contributed by atoms with E-state index in [-0.39, 0.29) is 0 Å². The predicted molar refractivity (Wildman–Crippen MR) is 121 cm³/mol. The van der Waals surface area contributed by atoms with Gasteiger partial charge in [0.1, 0.15) is 5.15 Å². The lowest BCUT2D eigenvalue weighted by Crippen LogP contribution is -2.17. The van der Waals surface area contributed by atoms with Crippen molar-refractivity contribution in [1.29, 1.82) is 0 Å². The molecule has 0 radical (unpaired) electrons. The molecule has 7 heteroatoms. The number of nitrogens with zero attached hydrogens (tertiary/aromatic N) is 5. The van der Waals surface area contributed by atoms with Crippen molar-refractivity contribution >= 4 is 34.2 Å². The average molecular weight is 428 g/mol. The molecule has 0 spiro atoms. The van der Waals surface area contributed by atoms with Crippen molar-refractivity contribution in [2.75, 3.05) is 4.90 Å². The first kappa shape index (κ1) is 19.2. The summed E-state index contributed by atoms with van der Waals surface area (Å²) in [7, 11) is 0. The maximum Gasteiger partial charge on any atom is 0.323 e. The van der Waals surface area contributed by atoms with Crippen LogP contribution in [0.3, 0.4) is 0 Å². The molecule has 3 aromatic heterocycles. The maximum atomic E-state index is 6.55. The molecule has 0 amide bonds. The number of fused-ring (bicyclic) bond motifs is 1. The van der Waals surface area contributed by atoms with E-state index in [2.05, 4.69) is 39.2 Å². The number of anilines is 2. The van der Waals surface area contributed by atoms with Crippen molar-refractivity contribution < 1.29 is 4.42 Å². The van der Waals surface area contributed by atoms with Gasteiger partial charge in [-0.25, -0.2) is 4.98 Å². The number of hydrogen-bond donors (Lipinski definition) is 0. The normalized spacial score (nSPS) is 11.0. The van der Waals surface area contributed by atoms with Crippen molar-refractivity contribution in [2.24, 2.45) is 0 Å². The van der Waals surface area contributed by atoms with Crippen molar-refractivity contribution in [3.63, 3.8) is 0 Å². The Morgan fingerprint density at radius 2 is 1.84 bits per heavy atom. The summed E-state index contributed by atoms with van der Waals surface area (Å²) in [5.41, 5.74) is 4.56. The van der Waals surface area contributed by atoms with Crippen molar-refractivity contribution in [2.45, 2.75) is 13.5 Å². The lowest BCUT2D eigenvalue weighted by molar-refractivity contribution is 0.561. The molecular weight excluding hydrogens is 410 g/mol. The Bertz CT molecular complexity index is 1340. The number of aromatic nitrogens is 4. The van der Waals surface area contributed by atoms with Gasteiger partial charge < -0.3 is 4.42 Å². The van der Waals surface area contributed by atoms with Crippen LogP contribution in [0.4, 0.5) is 11.7 Å². The Morgan fingerprint density at radius 3 is 2.65 bits per heavy atom. The van der Waals surface area contributed by atoms with E-state index in [9.17, 15) is 0 Å². The highest BCUT2D eigenvalue weighted by atomic mass is 35.5. The second kappa shape index (κ2) is 8.16. The topological polar surface area (TPSA) is 67.9 Å². The third-order valence-electron chi connectivity index (χ3n) is 4.95.